The zero-order valence-corrected chi connectivity index (χ0v) is 9.64. The summed E-state index contributed by atoms with van der Waals surface area (Å²) in [7, 11) is 0. The molecule has 0 rings (SSSR count). The molecule has 0 bridgehead atoms. The summed E-state index contributed by atoms with van der Waals surface area (Å²) in [6, 6.07) is 0. The Hall–Kier alpha value is -0.0800. The van der Waals surface area contributed by atoms with Crippen LogP contribution >= 0.6 is 0 Å². The quantitative estimate of drug-likeness (QED) is 0.667. The van der Waals surface area contributed by atoms with Gasteiger partial charge >= 0.3 is 0 Å². The van der Waals surface area contributed by atoms with Crippen molar-refractivity contribution in [3.05, 3.63) is 0 Å². The van der Waals surface area contributed by atoms with Gasteiger partial charge in [-0.25, -0.2) is 0 Å². The lowest BCUT2D eigenvalue weighted by Crippen LogP contribution is -2.44. The topological polar surface area (TPSA) is 52.0 Å². The van der Waals surface area contributed by atoms with Crippen molar-refractivity contribution >= 4 is 0 Å². The lowest BCUT2D eigenvalue weighted by atomic mass is 9.80. The van der Waals surface area contributed by atoms with Crippen molar-refractivity contribution in [2.24, 2.45) is 23.3 Å². The van der Waals surface area contributed by atoms with Crippen LogP contribution in [0.5, 0.6) is 0 Å². The molecule has 2 nitrogen and oxygen atoms in total. The van der Waals surface area contributed by atoms with Crippen LogP contribution in [0, 0.1) is 11.8 Å². The second-order valence-electron chi connectivity index (χ2n) is 5.10. The highest BCUT2D eigenvalue weighted by Gasteiger charge is 2.25. The first kappa shape index (κ1) is 12.9. The molecule has 0 aliphatic carbocycles. The van der Waals surface area contributed by atoms with Gasteiger partial charge in [0.15, 0.2) is 0 Å². The molecule has 2 heteroatoms. The first-order valence-electron chi connectivity index (χ1n) is 5.38. The molecule has 4 N–H and O–H groups in total. The van der Waals surface area contributed by atoms with Gasteiger partial charge in [0.1, 0.15) is 0 Å². The van der Waals surface area contributed by atoms with Gasteiger partial charge in [-0.05, 0) is 37.6 Å². The van der Waals surface area contributed by atoms with Crippen LogP contribution in [0.3, 0.4) is 0 Å². The maximum absolute atomic E-state index is 6.33. The lowest BCUT2D eigenvalue weighted by molar-refractivity contribution is 0.270. The fraction of sp³-hybridized carbons (Fsp3) is 1.00. The summed E-state index contributed by atoms with van der Waals surface area (Å²) in [4.78, 5) is 0. The van der Waals surface area contributed by atoms with Gasteiger partial charge in [0.2, 0.25) is 0 Å². The standard InChI is InChI=1S/C11H26N2/c1-9(2)7-11(13,5-6-12)8-10(3)4/h9-10H,5-8,12-13H2,1-4H3. The van der Waals surface area contributed by atoms with E-state index in [9.17, 15) is 0 Å². The Morgan fingerprint density at radius 3 is 1.62 bits per heavy atom. The third-order valence-electron chi connectivity index (χ3n) is 2.27. The van der Waals surface area contributed by atoms with Crippen molar-refractivity contribution in [2.45, 2.75) is 52.5 Å². The molecule has 0 saturated carbocycles. The largest absolute Gasteiger partial charge is 0.330 e. The SMILES string of the molecule is CC(C)CC(N)(CCN)CC(C)C. The molecule has 0 amide bonds. The molecule has 0 unspecified atom stereocenters. The zero-order chi connectivity index (χ0) is 10.5. The molecular formula is C11H26N2. The summed E-state index contributed by atoms with van der Waals surface area (Å²) in [5, 5.41) is 0. The third-order valence-corrected chi connectivity index (χ3v) is 2.27. The molecule has 80 valence electrons. The number of nitrogens with two attached hydrogens (primary N) is 2. The van der Waals surface area contributed by atoms with Crippen LogP contribution < -0.4 is 11.5 Å². The molecule has 0 radical (unpaired) electrons. The number of rotatable bonds is 6. The summed E-state index contributed by atoms with van der Waals surface area (Å²) in [6.45, 7) is 9.59. The number of hydrogen-bond acceptors (Lipinski definition) is 2. The van der Waals surface area contributed by atoms with Crippen molar-refractivity contribution in [2.75, 3.05) is 6.54 Å². The van der Waals surface area contributed by atoms with Gasteiger partial charge in [0, 0.05) is 5.54 Å². The highest BCUT2D eigenvalue weighted by atomic mass is 14.8. The third kappa shape index (κ3) is 6.05. The van der Waals surface area contributed by atoms with E-state index in [-0.39, 0.29) is 5.54 Å². The van der Waals surface area contributed by atoms with E-state index in [2.05, 4.69) is 27.7 Å². The van der Waals surface area contributed by atoms with E-state index < -0.39 is 0 Å². The molecule has 0 atom stereocenters. The molecule has 0 heterocycles. The minimum atomic E-state index is -0.0307. The van der Waals surface area contributed by atoms with E-state index in [1.165, 1.54) is 0 Å². The van der Waals surface area contributed by atoms with E-state index in [0.717, 1.165) is 19.3 Å². The zero-order valence-electron chi connectivity index (χ0n) is 9.64. The summed E-state index contributed by atoms with van der Waals surface area (Å²) < 4.78 is 0. The predicted octanol–water partition coefficient (Wildman–Crippen LogP) is 2.12. The van der Waals surface area contributed by atoms with E-state index >= 15 is 0 Å². The Balaban J connectivity index is 4.15. The van der Waals surface area contributed by atoms with Crippen molar-refractivity contribution in [1.82, 2.24) is 0 Å². The summed E-state index contributed by atoms with van der Waals surface area (Å²) in [5.74, 6) is 1.32. The van der Waals surface area contributed by atoms with Crippen LogP contribution in [0.2, 0.25) is 0 Å². The molecule has 0 aromatic heterocycles. The second kappa shape index (κ2) is 5.61. The Morgan fingerprint density at radius 2 is 1.38 bits per heavy atom. The van der Waals surface area contributed by atoms with Gasteiger partial charge in [-0.2, -0.15) is 0 Å². The van der Waals surface area contributed by atoms with Crippen molar-refractivity contribution < 1.29 is 0 Å². The minimum absolute atomic E-state index is 0.0307. The van der Waals surface area contributed by atoms with Crippen molar-refractivity contribution in [3.8, 4) is 0 Å². The smallest absolute Gasteiger partial charge is 0.0171 e. The van der Waals surface area contributed by atoms with Crippen LogP contribution in [-0.2, 0) is 0 Å². The fourth-order valence-electron chi connectivity index (χ4n) is 2.20. The molecule has 0 aromatic carbocycles. The van der Waals surface area contributed by atoms with Crippen LogP contribution in [0.25, 0.3) is 0 Å². The fourth-order valence-corrected chi connectivity index (χ4v) is 2.20. The second-order valence-corrected chi connectivity index (χ2v) is 5.10. The van der Waals surface area contributed by atoms with Gasteiger partial charge in [0.25, 0.3) is 0 Å². The minimum Gasteiger partial charge on any atom is -0.330 e. The van der Waals surface area contributed by atoms with Crippen LogP contribution in [0.1, 0.15) is 47.0 Å². The van der Waals surface area contributed by atoms with Gasteiger partial charge in [-0.1, -0.05) is 27.7 Å². The monoisotopic (exact) mass is 186 g/mol. The first-order chi connectivity index (χ1) is 5.89. The predicted molar refractivity (Wildman–Crippen MR) is 59.5 cm³/mol. The normalized spacial score (nSPS) is 12.9. The van der Waals surface area contributed by atoms with E-state index in [1.54, 1.807) is 0 Å². The van der Waals surface area contributed by atoms with Gasteiger partial charge < -0.3 is 11.5 Å². The van der Waals surface area contributed by atoms with Crippen LogP contribution in [0.15, 0.2) is 0 Å². The molecule has 0 aromatic rings. The van der Waals surface area contributed by atoms with Crippen molar-refractivity contribution in [3.63, 3.8) is 0 Å². The van der Waals surface area contributed by atoms with E-state index in [4.69, 9.17) is 11.5 Å². The average molecular weight is 186 g/mol. The molecule has 0 fully saturated rings. The molecule has 13 heavy (non-hydrogen) atoms. The van der Waals surface area contributed by atoms with Gasteiger partial charge in [-0.3, -0.25) is 0 Å². The van der Waals surface area contributed by atoms with Crippen LogP contribution in [0.4, 0.5) is 0 Å². The van der Waals surface area contributed by atoms with E-state index in [0.29, 0.717) is 18.4 Å². The summed E-state index contributed by atoms with van der Waals surface area (Å²) >= 11 is 0. The van der Waals surface area contributed by atoms with Crippen molar-refractivity contribution in [1.29, 1.82) is 0 Å². The average Bonchev–Trinajstić information content (AvgIpc) is 1.81. The van der Waals surface area contributed by atoms with Crippen LogP contribution in [-0.4, -0.2) is 12.1 Å². The maximum Gasteiger partial charge on any atom is 0.0171 e. The van der Waals surface area contributed by atoms with Gasteiger partial charge in [0.05, 0.1) is 0 Å². The lowest BCUT2D eigenvalue weighted by Gasteiger charge is -2.32. The van der Waals surface area contributed by atoms with E-state index in [1.807, 2.05) is 0 Å². The Bertz CT molecular complexity index is 120. The highest BCUT2D eigenvalue weighted by Crippen LogP contribution is 2.25. The molecule has 0 spiro atoms. The molecule has 0 aliphatic heterocycles. The highest BCUT2D eigenvalue weighted by molar-refractivity contribution is 4.86. The molecular weight excluding hydrogens is 160 g/mol. The first-order valence-corrected chi connectivity index (χ1v) is 5.38. The molecule has 0 saturated heterocycles. The Labute approximate surface area is 83.1 Å². The Morgan fingerprint density at radius 1 is 1.00 bits per heavy atom. The maximum atomic E-state index is 6.33. The summed E-state index contributed by atoms with van der Waals surface area (Å²) in [5.41, 5.74) is 11.9. The summed E-state index contributed by atoms with van der Waals surface area (Å²) in [6.07, 6.45) is 3.12. The Kier molecular flexibility index (Phi) is 5.57. The molecule has 0 aliphatic rings. The number of hydrogen-bond donors (Lipinski definition) is 2. The van der Waals surface area contributed by atoms with Gasteiger partial charge in [-0.15, -0.1) is 0 Å².